The average molecular weight is 432 g/mol. The molecule has 0 amide bonds. The number of benzene rings is 3. The van der Waals surface area contributed by atoms with Crippen LogP contribution in [0.2, 0.25) is 0 Å². The van der Waals surface area contributed by atoms with Crippen LogP contribution in [0.15, 0.2) is 59.5 Å². The maximum atomic E-state index is 13.4. The van der Waals surface area contributed by atoms with Gasteiger partial charge in [0, 0.05) is 11.6 Å². The summed E-state index contributed by atoms with van der Waals surface area (Å²) < 4.78 is 26.8. The standard InChI is InChI=1S/C25H21NO4S/c1-16-6-10-20(15-25(16)26(27)28)31(29,30)19-11-7-18-9-12-22-21-5-3-2-4-17(21)8-13-23(22)24(18)14-19/h2-6,9-10,12-15,19H,7-8,11H2,1H3. The van der Waals surface area contributed by atoms with Gasteiger partial charge >= 0.3 is 0 Å². The second kappa shape index (κ2) is 7.17. The first kappa shape index (κ1) is 19.7. The van der Waals surface area contributed by atoms with Crippen LogP contribution in [0.5, 0.6) is 0 Å². The fourth-order valence-corrected chi connectivity index (χ4v) is 6.30. The molecule has 0 saturated carbocycles. The molecule has 0 bridgehead atoms. The SMILES string of the molecule is Cc1ccc(S(=O)(=O)C2C=c3c(ccc4c3=CCc3ccccc3-4)CC2)cc1[N+](=O)[O-]. The van der Waals surface area contributed by atoms with E-state index in [-0.39, 0.29) is 10.6 Å². The Balaban J connectivity index is 1.65. The van der Waals surface area contributed by atoms with Gasteiger partial charge in [-0.2, -0.15) is 0 Å². The van der Waals surface area contributed by atoms with E-state index in [4.69, 9.17) is 0 Å². The Hall–Kier alpha value is -3.25. The second-order valence-corrected chi connectivity index (χ2v) is 10.3. The van der Waals surface area contributed by atoms with Crippen molar-refractivity contribution in [1.82, 2.24) is 0 Å². The van der Waals surface area contributed by atoms with Crippen molar-refractivity contribution >= 4 is 27.7 Å². The molecule has 156 valence electrons. The third-order valence-corrected chi connectivity index (χ3v) is 8.45. The van der Waals surface area contributed by atoms with Gasteiger partial charge in [0.2, 0.25) is 0 Å². The summed E-state index contributed by atoms with van der Waals surface area (Å²) in [6, 6.07) is 16.7. The van der Waals surface area contributed by atoms with Crippen molar-refractivity contribution in [2.75, 3.05) is 0 Å². The molecule has 6 heteroatoms. The number of hydrogen-bond donors (Lipinski definition) is 0. The predicted octanol–water partition coefficient (Wildman–Crippen LogP) is 3.48. The van der Waals surface area contributed by atoms with Crippen molar-refractivity contribution in [3.05, 3.63) is 91.8 Å². The molecule has 0 aromatic heterocycles. The van der Waals surface area contributed by atoms with Gasteiger partial charge in [0.1, 0.15) is 0 Å². The van der Waals surface area contributed by atoms with Gasteiger partial charge in [-0.1, -0.05) is 54.6 Å². The Morgan fingerprint density at radius 1 is 0.968 bits per heavy atom. The van der Waals surface area contributed by atoms with Crippen LogP contribution in [0.4, 0.5) is 5.69 Å². The lowest BCUT2D eigenvalue weighted by Crippen LogP contribution is -2.38. The van der Waals surface area contributed by atoms with Crippen LogP contribution in [0.1, 0.15) is 23.1 Å². The highest BCUT2D eigenvalue weighted by molar-refractivity contribution is 7.92. The van der Waals surface area contributed by atoms with Gasteiger partial charge in [0.15, 0.2) is 9.84 Å². The van der Waals surface area contributed by atoms with Crippen molar-refractivity contribution in [3.8, 4) is 11.1 Å². The molecule has 1 atom stereocenters. The van der Waals surface area contributed by atoms with E-state index in [1.807, 2.05) is 18.2 Å². The minimum Gasteiger partial charge on any atom is -0.258 e. The van der Waals surface area contributed by atoms with Crippen LogP contribution in [0, 0.1) is 17.0 Å². The predicted molar refractivity (Wildman–Crippen MR) is 121 cm³/mol. The van der Waals surface area contributed by atoms with Gasteiger partial charge in [0.25, 0.3) is 5.69 Å². The maximum absolute atomic E-state index is 13.4. The van der Waals surface area contributed by atoms with Crippen LogP contribution < -0.4 is 10.4 Å². The first-order chi connectivity index (χ1) is 14.9. The summed E-state index contributed by atoms with van der Waals surface area (Å²) in [6.07, 6.45) is 5.97. The number of nitro benzene ring substituents is 1. The van der Waals surface area contributed by atoms with E-state index in [1.54, 1.807) is 6.92 Å². The number of aryl methyl sites for hydroxylation is 2. The third-order valence-electron chi connectivity index (χ3n) is 6.37. The van der Waals surface area contributed by atoms with Crippen molar-refractivity contribution in [2.45, 2.75) is 36.3 Å². The highest BCUT2D eigenvalue weighted by Gasteiger charge is 2.30. The van der Waals surface area contributed by atoms with Gasteiger partial charge < -0.3 is 0 Å². The molecule has 0 aliphatic heterocycles. The van der Waals surface area contributed by atoms with Crippen LogP contribution in [0.25, 0.3) is 23.3 Å². The quantitative estimate of drug-likeness (QED) is 0.470. The molecular weight excluding hydrogens is 410 g/mol. The Morgan fingerprint density at radius 3 is 2.58 bits per heavy atom. The summed E-state index contributed by atoms with van der Waals surface area (Å²) in [5.41, 5.74) is 5.01. The largest absolute Gasteiger partial charge is 0.273 e. The van der Waals surface area contributed by atoms with E-state index in [0.717, 1.165) is 28.0 Å². The van der Waals surface area contributed by atoms with Gasteiger partial charge in [-0.05, 0) is 64.9 Å². The molecule has 5 rings (SSSR count). The topological polar surface area (TPSA) is 77.3 Å². The lowest BCUT2D eigenvalue weighted by Gasteiger charge is -2.22. The summed E-state index contributed by atoms with van der Waals surface area (Å²) in [4.78, 5) is 10.8. The van der Waals surface area contributed by atoms with Crippen LogP contribution >= 0.6 is 0 Å². The highest BCUT2D eigenvalue weighted by Crippen LogP contribution is 2.29. The molecule has 0 N–H and O–H groups in total. The van der Waals surface area contributed by atoms with Crippen LogP contribution in [-0.2, 0) is 22.7 Å². The Kier molecular flexibility index (Phi) is 4.55. The Bertz CT molecular complexity index is 1470. The van der Waals surface area contributed by atoms with Crippen LogP contribution in [-0.4, -0.2) is 18.6 Å². The van der Waals surface area contributed by atoms with Crippen molar-refractivity contribution in [1.29, 1.82) is 0 Å². The number of fused-ring (bicyclic) bond motifs is 5. The molecule has 0 spiro atoms. The first-order valence-electron chi connectivity index (χ1n) is 10.3. The maximum Gasteiger partial charge on any atom is 0.273 e. The Labute approximate surface area is 180 Å². The molecule has 0 fully saturated rings. The summed E-state index contributed by atoms with van der Waals surface area (Å²) in [6.45, 7) is 1.61. The molecule has 3 aromatic rings. The molecule has 0 heterocycles. The zero-order valence-electron chi connectivity index (χ0n) is 17.0. The zero-order chi connectivity index (χ0) is 21.8. The molecule has 5 nitrogen and oxygen atoms in total. The first-order valence-corrected chi connectivity index (χ1v) is 11.8. The number of rotatable bonds is 3. The molecule has 0 radical (unpaired) electrons. The lowest BCUT2D eigenvalue weighted by molar-refractivity contribution is -0.385. The number of hydrogen-bond acceptors (Lipinski definition) is 4. The number of sulfone groups is 1. The van der Waals surface area contributed by atoms with Gasteiger partial charge in [-0.25, -0.2) is 8.42 Å². The zero-order valence-corrected chi connectivity index (χ0v) is 17.9. The minimum absolute atomic E-state index is 0.00799. The summed E-state index contributed by atoms with van der Waals surface area (Å²) in [5.74, 6) is 0. The normalized spacial score (nSPS) is 16.9. The van der Waals surface area contributed by atoms with E-state index < -0.39 is 20.0 Å². The molecular formula is C25H21NO4S. The third kappa shape index (κ3) is 3.18. The highest BCUT2D eigenvalue weighted by atomic mass is 32.2. The van der Waals surface area contributed by atoms with E-state index in [1.165, 1.54) is 29.3 Å². The molecule has 0 saturated heterocycles. The van der Waals surface area contributed by atoms with E-state index in [9.17, 15) is 18.5 Å². The molecule has 31 heavy (non-hydrogen) atoms. The van der Waals surface area contributed by atoms with Crippen molar-refractivity contribution < 1.29 is 13.3 Å². The van der Waals surface area contributed by atoms with Gasteiger partial charge in [-0.15, -0.1) is 0 Å². The number of nitrogens with zero attached hydrogens (tertiary/aromatic N) is 1. The summed E-state index contributed by atoms with van der Waals surface area (Å²) in [7, 11) is -3.74. The molecule has 1 unspecified atom stereocenters. The van der Waals surface area contributed by atoms with Gasteiger partial charge in [0.05, 0.1) is 15.1 Å². The molecule has 2 aliphatic rings. The summed E-state index contributed by atoms with van der Waals surface area (Å²) >= 11 is 0. The van der Waals surface area contributed by atoms with E-state index >= 15 is 0 Å². The van der Waals surface area contributed by atoms with E-state index in [0.29, 0.717) is 18.4 Å². The summed E-state index contributed by atoms with van der Waals surface area (Å²) in [5, 5.41) is 12.7. The Morgan fingerprint density at radius 2 is 1.77 bits per heavy atom. The van der Waals surface area contributed by atoms with Gasteiger partial charge in [-0.3, -0.25) is 10.1 Å². The molecule has 2 aliphatic carbocycles. The fourth-order valence-electron chi connectivity index (χ4n) is 4.67. The van der Waals surface area contributed by atoms with Crippen molar-refractivity contribution in [2.24, 2.45) is 0 Å². The van der Waals surface area contributed by atoms with Crippen molar-refractivity contribution in [3.63, 3.8) is 0 Å². The van der Waals surface area contributed by atoms with E-state index in [2.05, 4.69) is 30.3 Å². The number of nitro groups is 1. The molecule has 3 aromatic carbocycles. The fraction of sp³-hybridized carbons (Fsp3) is 0.200. The van der Waals surface area contributed by atoms with Crippen LogP contribution in [0.3, 0.4) is 0 Å². The minimum atomic E-state index is -3.74. The monoisotopic (exact) mass is 431 g/mol. The second-order valence-electron chi connectivity index (χ2n) is 8.16. The lowest BCUT2D eigenvalue weighted by atomic mass is 9.87. The average Bonchev–Trinajstić information content (AvgIpc) is 2.78. The smallest absolute Gasteiger partial charge is 0.258 e.